The van der Waals surface area contributed by atoms with E-state index in [1.807, 2.05) is 0 Å². The summed E-state index contributed by atoms with van der Waals surface area (Å²) < 4.78 is 5.34. The highest BCUT2D eigenvalue weighted by molar-refractivity contribution is 5.30. The molecule has 1 aliphatic rings. The molecular formula is C11H18N2O3. The number of oxazole rings is 1. The van der Waals surface area contributed by atoms with Gasteiger partial charge in [0.05, 0.1) is 6.61 Å². The van der Waals surface area contributed by atoms with Crippen LogP contribution in [0.2, 0.25) is 0 Å². The Morgan fingerprint density at radius 1 is 1.44 bits per heavy atom. The lowest BCUT2D eigenvalue weighted by atomic mass is 9.91. The van der Waals surface area contributed by atoms with Crippen LogP contribution in [0.1, 0.15) is 31.4 Å². The van der Waals surface area contributed by atoms with Crippen molar-refractivity contribution in [2.45, 2.75) is 38.3 Å². The number of hydrogen-bond donors (Lipinski definition) is 2. The van der Waals surface area contributed by atoms with E-state index < -0.39 is 0 Å². The van der Waals surface area contributed by atoms with Crippen molar-refractivity contribution in [3.63, 3.8) is 0 Å². The van der Waals surface area contributed by atoms with Crippen LogP contribution in [0.25, 0.3) is 0 Å². The lowest BCUT2D eigenvalue weighted by Crippen LogP contribution is -2.41. The van der Waals surface area contributed by atoms with Crippen molar-refractivity contribution in [1.82, 2.24) is 4.98 Å². The van der Waals surface area contributed by atoms with E-state index in [4.69, 9.17) is 14.6 Å². The molecule has 0 unspecified atom stereocenters. The van der Waals surface area contributed by atoms with Crippen molar-refractivity contribution in [1.29, 1.82) is 0 Å². The first kappa shape index (κ1) is 11.4. The first-order valence-electron chi connectivity index (χ1n) is 5.78. The van der Waals surface area contributed by atoms with Gasteiger partial charge in [0.15, 0.2) is 0 Å². The smallest absolute Gasteiger partial charge is 0.297 e. The molecule has 0 amide bonds. The molecule has 2 rings (SSSR count). The van der Waals surface area contributed by atoms with Crippen LogP contribution in [-0.2, 0) is 6.61 Å². The third-order valence-electron chi connectivity index (χ3n) is 3.02. The molecule has 5 heteroatoms. The predicted octanol–water partition coefficient (Wildman–Crippen LogP) is 0.908. The Bertz CT molecular complexity index is 323. The summed E-state index contributed by atoms with van der Waals surface area (Å²) in [6.45, 7) is 0.839. The van der Waals surface area contributed by atoms with Crippen LogP contribution in [0.3, 0.4) is 0 Å². The Morgan fingerprint density at radius 2 is 2.25 bits per heavy atom. The topological polar surface area (TPSA) is 69.7 Å². The Balaban J connectivity index is 2.04. The van der Waals surface area contributed by atoms with Crippen LogP contribution < -0.4 is 4.90 Å². The van der Waals surface area contributed by atoms with Crippen LogP contribution in [-0.4, -0.2) is 34.4 Å². The predicted molar refractivity (Wildman–Crippen MR) is 59.1 cm³/mol. The van der Waals surface area contributed by atoms with Crippen molar-refractivity contribution < 1.29 is 14.6 Å². The minimum atomic E-state index is -0.0952. The van der Waals surface area contributed by atoms with Gasteiger partial charge in [0, 0.05) is 19.2 Å². The molecule has 1 aromatic rings. The molecule has 5 nitrogen and oxygen atoms in total. The number of hydrogen-bond acceptors (Lipinski definition) is 5. The highest BCUT2D eigenvalue weighted by Gasteiger charge is 2.27. The second-order valence-electron chi connectivity index (χ2n) is 4.13. The van der Waals surface area contributed by atoms with Crippen molar-refractivity contribution in [3.8, 4) is 0 Å². The maximum Gasteiger partial charge on any atom is 0.297 e. The number of nitrogens with zero attached hydrogens (tertiary/aromatic N) is 2. The Hall–Kier alpha value is -1.07. The molecule has 2 N–H and O–H groups in total. The van der Waals surface area contributed by atoms with E-state index in [0.717, 1.165) is 19.4 Å². The monoisotopic (exact) mass is 226 g/mol. The number of rotatable bonds is 6. The number of aromatic nitrogens is 1. The Kier molecular flexibility index (Phi) is 3.79. The van der Waals surface area contributed by atoms with Gasteiger partial charge in [-0.25, -0.2) is 0 Å². The third kappa shape index (κ3) is 2.36. The summed E-state index contributed by atoms with van der Waals surface area (Å²) in [4.78, 5) is 6.31. The molecule has 1 heterocycles. The van der Waals surface area contributed by atoms with Gasteiger partial charge in [-0.2, -0.15) is 4.98 Å². The summed E-state index contributed by atoms with van der Waals surface area (Å²) in [6.07, 6.45) is 5.76. The first-order chi connectivity index (χ1) is 7.85. The molecule has 0 aromatic carbocycles. The molecule has 0 atom stereocenters. The molecule has 1 fully saturated rings. The molecule has 0 saturated heterocycles. The van der Waals surface area contributed by atoms with Crippen LogP contribution in [0.5, 0.6) is 0 Å². The van der Waals surface area contributed by atoms with Gasteiger partial charge in [-0.15, -0.1) is 0 Å². The SMILES string of the molecule is OCCCN(c1nc(CO)co1)C1CCC1. The molecule has 0 radical (unpaired) electrons. The zero-order chi connectivity index (χ0) is 11.4. The van der Waals surface area contributed by atoms with Crippen molar-refractivity contribution in [2.24, 2.45) is 0 Å². The zero-order valence-electron chi connectivity index (χ0n) is 9.30. The summed E-state index contributed by atoms with van der Waals surface area (Å²) in [5.74, 6) is 0. The molecule has 0 spiro atoms. The molecule has 0 aliphatic heterocycles. The van der Waals surface area contributed by atoms with Gasteiger partial charge < -0.3 is 19.5 Å². The van der Waals surface area contributed by atoms with Gasteiger partial charge in [-0.1, -0.05) is 0 Å². The lowest BCUT2D eigenvalue weighted by Gasteiger charge is -2.36. The van der Waals surface area contributed by atoms with Crippen LogP contribution in [0.4, 0.5) is 6.01 Å². The van der Waals surface area contributed by atoms with Gasteiger partial charge >= 0.3 is 0 Å². The van der Waals surface area contributed by atoms with E-state index in [0.29, 0.717) is 24.2 Å². The summed E-state index contributed by atoms with van der Waals surface area (Å²) in [5.41, 5.74) is 0.559. The van der Waals surface area contributed by atoms with E-state index in [1.165, 1.54) is 12.7 Å². The quantitative estimate of drug-likeness (QED) is 0.754. The normalized spacial score (nSPS) is 16.1. The molecule has 0 bridgehead atoms. The fraction of sp³-hybridized carbons (Fsp3) is 0.727. The highest BCUT2D eigenvalue weighted by atomic mass is 16.4. The van der Waals surface area contributed by atoms with Crippen LogP contribution in [0, 0.1) is 0 Å². The van der Waals surface area contributed by atoms with Gasteiger partial charge in [0.25, 0.3) is 6.01 Å². The Morgan fingerprint density at radius 3 is 2.75 bits per heavy atom. The van der Waals surface area contributed by atoms with Gasteiger partial charge in [0.2, 0.25) is 0 Å². The fourth-order valence-corrected chi connectivity index (χ4v) is 1.87. The molecule has 90 valence electrons. The van der Waals surface area contributed by atoms with Gasteiger partial charge in [0.1, 0.15) is 12.0 Å². The van der Waals surface area contributed by atoms with Crippen molar-refractivity contribution >= 4 is 6.01 Å². The molecule has 1 aromatic heterocycles. The maximum absolute atomic E-state index is 8.94. The standard InChI is InChI=1S/C11H18N2O3/c14-6-2-5-13(10-3-1-4-10)11-12-9(7-15)8-16-11/h8,10,14-15H,1-7H2. The molecular weight excluding hydrogens is 208 g/mol. The van der Waals surface area contributed by atoms with Crippen LogP contribution >= 0.6 is 0 Å². The summed E-state index contributed by atoms with van der Waals surface area (Å²) >= 11 is 0. The summed E-state index contributed by atoms with van der Waals surface area (Å²) in [5, 5.41) is 17.8. The second kappa shape index (κ2) is 5.32. The average Bonchev–Trinajstić information content (AvgIpc) is 2.69. The number of aliphatic hydroxyl groups is 2. The minimum Gasteiger partial charge on any atom is -0.432 e. The second-order valence-corrected chi connectivity index (χ2v) is 4.13. The minimum absolute atomic E-state index is 0.0952. The largest absolute Gasteiger partial charge is 0.432 e. The first-order valence-corrected chi connectivity index (χ1v) is 5.78. The van der Waals surface area contributed by atoms with Crippen LogP contribution in [0.15, 0.2) is 10.7 Å². The van der Waals surface area contributed by atoms with Crippen molar-refractivity contribution in [3.05, 3.63) is 12.0 Å². The molecule has 1 aliphatic carbocycles. The van der Waals surface area contributed by atoms with E-state index in [-0.39, 0.29) is 13.2 Å². The zero-order valence-corrected chi connectivity index (χ0v) is 9.30. The molecule has 1 saturated carbocycles. The van der Waals surface area contributed by atoms with E-state index >= 15 is 0 Å². The number of aliphatic hydroxyl groups excluding tert-OH is 2. The molecule has 16 heavy (non-hydrogen) atoms. The van der Waals surface area contributed by atoms with Gasteiger partial charge in [-0.05, 0) is 25.7 Å². The van der Waals surface area contributed by atoms with Crippen molar-refractivity contribution in [2.75, 3.05) is 18.1 Å². The van der Waals surface area contributed by atoms with E-state index in [1.54, 1.807) is 0 Å². The lowest BCUT2D eigenvalue weighted by molar-refractivity contribution is 0.276. The van der Waals surface area contributed by atoms with E-state index in [9.17, 15) is 0 Å². The third-order valence-corrected chi connectivity index (χ3v) is 3.02. The maximum atomic E-state index is 8.94. The number of anilines is 1. The van der Waals surface area contributed by atoms with Gasteiger partial charge in [-0.3, -0.25) is 0 Å². The fourth-order valence-electron chi connectivity index (χ4n) is 1.87. The Labute approximate surface area is 94.7 Å². The summed E-state index contributed by atoms with van der Waals surface area (Å²) in [7, 11) is 0. The highest BCUT2D eigenvalue weighted by Crippen LogP contribution is 2.29. The van der Waals surface area contributed by atoms with E-state index in [2.05, 4.69) is 9.88 Å². The average molecular weight is 226 g/mol. The summed E-state index contributed by atoms with van der Waals surface area (Å²) in [6, 6.07) is 1.05.